The van der Waals surface area contributed by atoms with E-state index in [4.69, 9.17) is 9.72 Å². The molecule has 1 amide bonds. The van der Waals surface area contributed by atoms with Crippen LogP contribution in [0.4, 0.5) is 0 Å². The van der Waals surface area contributed by atoms with Crippen molar-refractivity contribution in [1.29, 1.82) is 0 Å². The molecule has 2 aromatic heterocycles. The van der Waals surface area contributed by atoms with Gasteiger partial charge in [0.15, 0.2) is 0 Å². The quantitative estimate of drug-likeness (QED) is 0.286. The van der Waals surface area contributed by atoms with Gasteiger partial charge < -0.3 is 14.6 Å². The maximum absolute atomic E-state index is 12.3. The predicted molar refractivity (Wildman–Crippen MR) is 140 cm³/mol. The van der Waals surface area contributed by atoms with Gasteiger partial charge in [0.1, 0.15) is 17.3 Å². The Kier molecular flexibility index (Phi) is 8.14. The van der Waals surface area contributed by atoms with Crippen LogP contribution in [-0.2, 0) is 13.0 Å². The van der Waals surface area contributed by atoms with E-state index < -0.39 is 0 Å². The van der Waals surface area contributed by atoms with E-state index >= 15 is 0 Å². The van der Waals surface area contributed by atoms with Gasteiger partial charge in [0.25, 0.3) is 5.91 Å². The summed E-state index contributed by atoms with van der Waals surface area (Å²) in [6, 6.07) is 20.0. The number of carbonyl (C=O) groups is 1. The van der Waals surface area contributed by atoms with Crippen molar-refractivity contribution < 1.29 is 9.53 Å². The molecule has 4 aromatic rings. The summed E-state index contributed by atoms with van der Waals surface area (Å²) < 4.78 is 8.44. The summed E-state index contributed by atoms with van der Waals surface area (Å²) in [5.74, 6) is 2.25. The molecule has 6 heteroatoms. The van der Waals surface area contributed by atoms with E-state index in [-0.39, 0.29) is 5.91 Å². The third-order valence-corrected chi connectivity index (χ3v) is 6.09. The summed E-state index contributed by atoms with van der Waals surface area (Å²) in [5, 5.41) is 2.96. The molecule has 6 nitrogen and oxygen atoms in total. The van der Waals surface area contributed by atoms with E-state index in [1.165, 1.54) is 11.1 Å². The molecule has 0 atom stereocenters. The Hall–Kier alpha value is -3.67. The van der Waals surface area contributed by atoms with E-state index in [0.29, 0.717) is 31.2 Å². The predicted octanol–water partition coefficient (Wildman–Crippen LogP) is 5.69. The molecule has 2 heterocycles. The Labute approximate surface area is 207 Å². The van der Waals surface area contributed by atoms with E-state index in [1.54, 1.807) is 18.3 Å². The second-order valence-corrected chi connectivity index (χ2v) is 9.14. The van der Waals surface area contributed by atoms with Gasteiger partial charge in [-0.25, -0.2) is 4.98 Å². The molecule has 0 radical (unpaired) electrons. The summed E-state index contributed by atoms with van der Waals surface area (Å²) in [6.45, 7) is 8.54. The highest BCUT2D eigenvalue weighted by Gasteiger charge is 2.12. The van der Waals surface area contributed by atoms with Gasteiger partial charge in [-0.15, -0.1) is 0 Å². The average molecular weight is 471 g/mol. The smallest absolute Gasteiger partial charge is 0.269 e. The first-order valence-corrected chi connectivity index (χ1v) is 12.4. The number of carbonyl (C=O) groups excluding carboxylic acids is 1. The molecule has 0 aliphatic rings. The molecule has 0 bridgehead atoms. The molecule has 0 fully saturated rings. The molecule has 35 heavy (non-hydrogen) atoms. The fourth-order valence-corrected chi connectivity index (χ4v) is 4.24. The van der Waals surface area contributed by atoms with Crippen molar-refractivity contribution in [2.24, 2.45) is 0 Å². The van der Waals surface area contributed by atoms with Crippen LogP contribution in [0.3, 0.4) is 0 Å². The summed E-state index contributed by atoms with van der Waals surface area (Å²) in [6.07, 6.45) is 4.22. The third kappa shape index (κ3) is 6.27. The van der Waals surface area contributed by atoms with Crippen molar-refractivity contribution in [3.63, 3.8) is 0 Å². The van der Waals surface area contributed by atoms with E-state index in [9.17, 15) is 4.79 Å². The van der Waals surface area contributed by atoms with E-state index in [2.05, 4.69) is 59.9 Å². The second-order valence-electron chi connectivity index (χ2n) is 9.14. The molecule has 0 saturated carbocycles. The normalized spacial score (nSPS) is 11.2. The third-order valence-electron chi connectivity index (χ3n) is 6.09. The number of nitrogens with zero attached hydrogens (tertiary/aromatic N) is 3. The number of imidazole rings is 1. The number of nitrogens with one attached hydrogen (secondary N) is 1. The maximum atomic E-state index is 12.3. The molecular weight excluding hydrogens is 436 g/mol. The van der Waals surface area contributed by atoms with Gasteiger partial charge in [0, 0.05) is 25.7 Å². The molecule has 4 rings (SSSR count). The zero-order chi connectivity index (χ0) is 24.6. The Morgan fingerprint density at radius 3 is 2.69 bits per heavy atom. The van der Waals surface area contributed by atoms with Crippen LogP contribution in [0.15, 0.2) is 66.9 Å². The van der Waals surface area contributed by atoms with Crippen molar-refractivity contribution in [3.8, 4) is 5.75 Å². The number of hydrogen-bond acceptors (Lipinski definition) is 4. The van der Waals surface area contributed by atoms with Gasteiger partial charge in [-0.1, -0.05) is 44.2 Å². The highest BCUT2D eigenvalue weighted by atomic mass is 16.5. The number of unbranched alkanes of at least 4 members (excludes halogenated alkanes) is 1. The number of aromatic nitrogens is 3. The standard InChI is InChI=1S/C29H34N4O2/c1-21(2)23-14-13-22(3)20-27(23)35-19-9-8-18-33-26-12-5-4-10-24(26)32-28(33)15-17-31-29(34)25-11-6-7-16-30-25/h4-7,10-14,16,20-21H,8-9,15,17-19H2,1-3H3,(H,31,34). The zero-order valence-corrected chi connectivity index (χ0v) is 20.8. The van der Waals surface area contributed by atoms with E-state index in [1.807, 2.05) is 24.3 Å². The molecule has 0 saturated heterocycles. The van der Waals surface area contributed by atoms with E-state index in [0.717, 1.165) is 42.0 Å². The van der Waals surface area contributed by atoms with Crippen LogP contribution in [-0.4, -0.2) is 33.6 Å². The van der Waals surface area contributed by atoms with Crippen molar-refractivity contribution in [3.05, 3.63) is 89.5 Å². The first kappa shape index (κ1) is 24.5. The highest BCUT2D eigenvalue weighted by molar-refractivity contribution is 5.92. The van der Waals surface area contributed by atoms with Gasteiger partial charge in [0.2, 0.25) is 0 Å². The molecular formula is C29H34N4O2. The number of aryl methyl sites for hydroxylation is 2. The van der Waals surface area contributed by atoms with Crippen molar-refractivity contribution in [1.82, 2.24) is 19.9 Å². The molecule has 0 unspecified atom stereocenters. The number of ether oxygens (including phenoxy) is 1. The van der Waals surface area contributed by atoms with Crippen LogP contribution < -0.4 is 10.1 Å². The first-order chi connectivity index (χ1) is 17.0. The van der Waals surface area contributed by atoms with Gasteiger partial charge in [0.05, 0.1) is 17.6 Å². The van der Waals surface area contributed by atoms with Crippen molar-refractivity contribution >= 4 is 16.9 Å². The van der Waals surface area contributed by atoms with Crippen molar-refractivity contribution in [2.75, 3.05) is 13.2 Å². The van der Waals surface area contributed by atoms with Crippen LogP contribution in [0.1, 0.15) is 60.0 Å². The summed E-state index contributed by atoms with van der Waals surface area (Å²) >= 11 is 0. The molecule has 0 aliphatic heterocycles. The van der Waals surface area contributed by atoms with Gasteiger partial charge in [-0.3, -0.25) is 9.78 Å². The van der Waals surface area contributed by atoms with Crippen LogP contribution >= 0.6 is 0 Å². The molecule has 182 valence electrons. The number of fused-ring (bicyclic) bond motifs is 1. The topological polar surface area (TPSA) is 69.0 Å². The number of pyridine rings is 1. The lowest BCUT2D eigenvalue weighted by Crippen LogP contribution is -2.27. The largest absolute Gasteiger partial charge is 0.493 e. The molecule has 1 N–H and O–H groups in total. The second kappa shape index (κ2) is 11.6. The van der Waals surface area contributed by atoms with Gasteiger partial charge >= 0.3 is 0 Å². The minimum Gasteiger partial charge on any atom is -0.493 e. The monoisotopic (exact) mass is 470 g/mol. The highest BCUT2D eigenvalue weighted by Crippen LogP contribution is 2.27. The van der Waals surface area contributed by atoms with Crippen LogP contribution in [0, 0.1) is 6.92 Å². The fraction of sp³-hybridized carbons (Fsp3) is 0.345. The SMILES string of the molecule is Cc1ccc(C(C)C)c(OCCCCn2c(CCNC(=O)c3ccccn3)nc3ccccc32)c1. The summed E-state index contributed by atoms with van der Waals surface area (Å²) in [5.41, 5.74) is 5.01. The average Bonchev–Trinajstić information content (AvgIpc) is 3.21. The van der Waals surface area contributed by atoms with Crippen molar-refractivity contribution in [2.45, 2.75) is 52.5 Å². The first-order valence-electron chi connectivity index (χ1n) is 12.4. The minimum absolute atomic E-state index is 0.165. The molecule has 2 aromatic carbocycles. The maximum Gasteiger partial charge on any atom is 0.269 e. The Morgan fingerprint density at radius 2 is 1.89 bits per heavy atom. The van der Waals surface area contributed by atoms with Gasteiger partial charge in [-0.05, 0) is 67.1 Å². The molecule has 0 spiro atoms. The number of rotatable bonds is 11. The number of amides is 1. The summed E-state index contributed by atoms with van der Waals surface area (Å²) in [7, 11) is 0. The zero-order valence-electron chi connectivity index (χ0n) is 20.8. The lowest BCUT2D eigenvalue weighted by atomic mass is 10.0. The summed E-state index contributed by atoms with van der Waals surface area (Å²) in [4.78, 5) is 21.3. The lowest BCUT2D eigenvalue weighted by Gasteiger charge is -2.15. The Balaban J connectivity index is 1.34. The van der Waals surface area contributed by atoms with Crippen LogP contribution in [0.25, 0.3) is 11.0 Å². The Bertz CT molecular complexity index is 1260. The number of benzene rings is 2. The fourth-order valence-electron chi connectivity index (χ4n) is 4.24. The number of para-hydroxylation sites is 2. The molecule has 0 aliphatic carbocycles. The van der Waals surface area contributed by atoms with Crippen LogP contribution in [0.5, 0.6) is 5.75 Å². The lowest BCUT2D eigenvalue weighted by molar-refractivity contribution is 0.0949. The van der Waals surface area contributed by atoms with Crippen LogP contribution in [0.2, 0.25) is 0 Å². The van der Waals surface area contributed by atoms with Gasteiger partial charge in [-0.2, -0.15) is 0 Å². The Morgan fingerprint density at radius 1 is 1.06 bits per heavy atom. The number of hydrogen-bond donors (Lipinski definition) is 1. The minimum atomic E-state index is -0.165.